The summed E-state index contributed by atoms with van der Waals surface area (Å²) in [6.45, 7) is 4.19. The van der Waals surface area contributed by atoms with Crippen LogP contribution in [0.15, 0.2) is 83.1 Å². The predicted octanol–water partition coefficient (Wildman–Crippen LogP) is 5.59. The van der Waals surface area contributed by atoms with E-state index in [0.717, 1.165) is 10.0 Å². The van der Waals surface area contributed by atoms with Gasteiger partial charge in [0.05, 0.1) is 11.6 Å². The minimum atomic E-state index is -0.753. The summed E-state index contributed by atoms with van der Waals surface area (Å²) in [6, 6.07) is 17.3. The lowest BCUT2D eigenvalue weighted by atomic mass is 9.95. The van der Waals surface area contributed by atoms with Gasteiger partial charge in [0.2, 0.25) is 0 Å². The van der Waals surface area contributed by atoms with Crippen molar-refractivity contribution in [3.8, 4) is 0 Å². The van der Waals surface area contributed by atoms with Crippen molar-refractivity contribution in [1.82, 2.24) is 4.98 Å². The number of anilines is 1. The monoisotopic (exact) mass is 476 g/mol. The van der Waals surface area contributed by atoms with E-state index in [2.05, 4.69) is 34.8 Å². The highest BCUT2D eigenvalue weighted by molar-refractivity contribution is 9.10. The molecule has 1 aliphatic rings. The summed E-state index contributed by atoms with van der Waals surface area (Å²) in [5.41, 5.74) is 2.96. The minimum absolute atomic E-state index is 0.0615. The van der Waals surface area contributed by atoms with E-state index in [4.69, 9.17) is 0 Å². The third kappa shape index (κ3) is 3.91. The van der Waals surface area contributed by atoms with E-state index < -0.39 is 17.7 Å². The molecule has 1 amide bonds. The second-order valence-electron chi connectivity index (χ2n) is 7.70. The Morgan fingerprint density at radius 3 is 2.16 bits per heavy atom. The van der Waals surface area contributed by atoms with Crippen molar-refractivity contribution >= 4 is 39.1 Å². The molecule has 1 atom stereocenters. The molecule has 0 bridgehead atoms. The van der Waals surface area contributed by atoms with Crippen LogP contribution in [0.3, 0.4) is 0 Å². The maximum absolute atomic E-state index is 13.1. The quantitative estimate of drug-likeness (QED) is 0.302. The molecule has 0 radical (unpaired) electrons. The molecule has 2 aromatic carbocycles. The fourth-order valence-corrected chi connectivity index (χ4v) is 4.01. The molecule has 1 aromatic heterocycles. The molecule has 5 nitrogen and oxygen atoms in total. The van der Waals surface area contributed by atoms with Crippen molar-refractivity contribution in [2.24, 2.45) is 0 Å². The largest absolute Gasteiger partial charge is 0.507 e. The molecule has 0 aliphatic carbocycles. The average Bonchev–Trinajstić information content (AvgIpc) is 3.05. The number of aliphatic hydroxyl groups excluding tert-OH is 1. The van der Waals surface area contributed by atoms with E-state index in [-0.39, 0.29) is 11.3 Å². The molecular formula is C25H21BrN2O3. The fraction of sp³-hybridized carbons (Fsp3) is 0.160. The van der Waals surface area contributed by atoms with Crippen LogP contribution < -0.4 is 4.90 Å². The first-order chi connectivity index (χ1) is 14.9. The molecule has 0 saturated carbocycles. The number of halogens is 1. The first kappa shape index (κ1) is 21.0. The molecule has 4 rings (SSSR count). The Kier molecular flexibility index (Phi) is 5.74. The SMILES string of the molecule is CC(C)c1ccc(N2C(=O)C(=O)/C(=C(/O)c3ccc(Br)cc3)C2c2ccncc2)cc1. The second kappa shape index (κ2) is 8.47. The molecular weight excluding hydrogens is 456 g/mol. The summed E-state index contributed by atoms with van der Waals surface area (Å²) in [5, 5.41) is 11.1. The number of aliphatic hydroxyl groups is 1. The van der Waals surface area contributed by atoms with Crippen LogP contribution in [0.1, 0.15) is 42.5 Å². The topological polar surface area (TPSA) is 70.5 Å². The highest BCUT2D eigenvalue weighted by Gasteiger charge is 2.46. The second-order valence-corrected chi connectivity index (χ2v) is 8.62. The Hall–Kier alpha value is -3.25. The van der Waals surface area contributed by atoms with E-state index in [0.29, 0.717) is 22.7 Å². The zero-order chi connectivity index (χ0) is 22.1. The molecule has 0 spiro atoms. The number of nitrogens with zero attached hydrogens (tertiary/aromatic N) is 2. The Morgan fingerprint density at radius 1 is 0.968 bits per heavy atom. The number of hydrogen-bond donors (Lipinski definition) is 1. The highest BCUT2D eigenvalue weighted by atomic mass is 79.9. The van der Waals surface area contributed by atoms with Gasteiger partial charge in [-0.25, -0.2) is 0 Å². The number of carbonyl (C=O) groups excluding carboxylic acids is 2. The molecule has 1 unspecified atom stereocenters. The van der Waals surface area contributed by atoms with Crippen molar-refractivity contribution < 1.29 is 14.7 Å². The average molecular weight is 477 g/mol. The van der Waals surface area contributed by atoms with Crippen LogP contribution in [-0.4, -0.2) is 21.8 Å². The van der Waals surface area contributed by atoms with Gasteiger partial charge in [0.1, 0.15) is 5.76 Å². The molecule has 1 N–H and O–H groups in total. The predicted molar refractivity (Wildman–Crippen MR) is 124 cm³/mol. The Balaban J connectivity index is 1.89. The number of pyridine rings is 1. The summed E-state index contributed by atoms with van der Waals surface area (Å²) in [5.74, 6) is -1.24. The molecule has 1 fully saturated rings. The Labute approximate surface area is 189 Å². The third-order valence-electron chi connectivity index (χ3n) is 5.42. The third-order valence-corrected chi connectivity index (χ3v) is 5.95. The number of Topliss-reactive ketones (excluding diaryl/α,β-unsaturated/α-hetero) is 1. The number of rotatable bonds is 4. The van der Waals surface area contributed by atoms with Crippen LogP contribution in [0, 0.1) is 0 Å². The van der Waals surface area contributed by atoms with Gasteiger partial charge in [-0.3, -0.25) is 19.5 Å². The molecule has 1 saturated heterocycles. The summed E-state index contributed by atoms with van der Waals surface area (Å²) in [4.78, 5) is 31.7. The molecule has 2 heterocycles. The van der Waals surface area contributed by atoms with E-state index in [1.165, 1.54) is 4.90 Å². The van der Waals surface area contributed by atoms with E-state index in [1.807, 2.05) is 24.3 Å². The van der Waals surface area contributed by atoms with E-state index in [9.17, 15) is 14.7 Å². The Morgan fingerprint density at radius 2 is 1.58 bits per heavy atom. The number of ketones is 1. The fourth-order valence-electron chi connectivity index (χ4n) is 3.74. The zero-order valence-electron chi connectivity index (χ0n) is 17.1. The number of hydrogen-bond acceptors (Lipinski definition) is 4. The smallest absolute Gasteiger partial charge is 0.300 e. The van der Waals surface area contributed by atoms with Crippen molar-refractivity contribution in [2.45, 2.75) is 25.8 Å². The van der Waals surface area contributed by atoms with Gasteiger partial charge in [-0.1, -0.05) is 54.0 Å². The van der Waals surface area contributed by atoms with Crippen molar-refractivity contribution in [3.05, 3.63) is 99.8 Å². The van der Waals surface area contributed by atoms with Gasteiger partial charge < -0.3 is 5.11 Å². The van der Waals surface area contributed by atoms with Crippen LogP contribution >= 0.6 is 15.9 Å². The van der Waals surface area contributed by atoms with Crippen molar-refractivity contribution in [2.75, 3.05) is 4.90 Å². The van der Waals surface area contributed by atoms with Crippen LogP contribution in [0.25, 0.3) is 5.76 Å². The summed E-state index contributed by atoms with van der Waals surface area (Å²) in [6.07, 6.45) is 3.22. The van der Waals surface area contributed by atoms with Gasteiger partial charge in [-0.05, 0) is 53.4 Å². The van der Waals surface area contributed by atoms with Crippen molar-refractivity contribution in [1.29, 1.82) is 0 Å². The summed E-state index contributed by atoms with van der Waals surface area (Å²) < 4.78 is 0.848. The maximum Gasteiger partial charge on any atom is 0.300 e. The van der Waals surface area contributed by atoms with Gasteiger partial charge in [0.25, 0.3) is 11.7 Å². The van der Waals surface area contributed by atoms with Crippen LogP contribution in [-0.2, 0) is 9.59 Å². The number of benzene rings is 2. The molecule has 31 heavy (non-hydrogen) atoms. The maximum atomic E-state index is 13.1. The lowest BCUT2D eigenvalue weighted by Crippen LogP contribution is -2.29. The van der Waals surface area contributed by atoms with E-state index in [1.54, 1.807) is 48.8 Å². The highest BCUT2D eigenvalue weighted by Crippen LogP contribution is 2.42. The molecule has 6 heteroatoms. The summed E-state index contributed by atoms with van der Waals surface area (Å²) >= 11 is 3.37. The molecule has 1 aliphatic heterocycles. The van der Waals surface area contributed by atoms with Gasteiger partial charge >= 0.3 is 0 Å². The van der Waals surface area contributed by atoms with Crippen LogP contribution in [0.5, 0.6) is 0 Å². The normalized spacial score (nSPS) is 18.1. The van der Waals surface area contributed by atoms with Gasteiger partial charge in [-0.15, -0.1) is 0 Å². The lowest BCUT2D eigenvalue weighted by molar-refractivity contribution is -0.132. The Bertz CT molecular complexity index is 1150. The minimum Gasteiger partial charge on any atom is -0.507 e. The lowest BCUT2D eigenvalue weighted by Gasteiger charge is -2.25. The number of aromatic nitrogens is 1. The van der Waals surface area contributed by atoms with Crippen molar-refractivity contribution in [3.63, 3.8) is 0 Å². The summed E-state index contributed by atoms with van der Waals surface area (Å²) in [7, 11) is 0. The molecule has 156 valence electrons. The van der Waals surface area contributed by atoms with Gasteiger partial charge in [-0.2, -0.15) is 0 Å². The molecule has 3 aromatic rings. The van der Waals surface area contributed by atoms with E-state index >= 15 is 0 Å². The number of carbonyl (C=O) groups is 2. The standard InChI is InChI=1S/C25H21BrN2O3/c1-15(2)16-5-9-20(10-6-16)28-22(17-11-13-27-14-12-17)21(24(30)25(28)31)23(29)18-3-7-19(26)8-4-18/h3-15,22,29H,1-2H3/b23-21+. The first-order valence-electron chi connectivity index (χ1n) is 9.95. The zero-order valence-corrected chi connectivity index (χ0v) is 18.7. The van der Waals surface area contributed by atoms with Crippen LogP contribution in [0.4, 0.5) is 5.69 Å². The van der Waals surface area contributed by atoms with Gasteiger partial charge in [0.15, 0.2) is 0 Å². The van der Waals surface area contributed by atoms with Gasteiger partial charge in [0, 0.05) is 28.1 Å². The van der Waals surface area contributed by atoms with Crippen LogP contribution in [0.2, 0.25) is 0 Å². The first-order valence-corrected chi connectivity index (χ1v) is 10.7. The number of amides is 1.